The second kappa shape index (κ2) is 4.72. The predicted molar refractivity (Wildman–Crippen MR) is 73.1 cm³/mol. The molecule has 23 heavy (non-hydrogen) atoms. The van der Waals surface area contributed by atoms with E-state index in [1.54, 1.807) is 0 Å². The van der Waals surface area contributed by atoms with Gasteiger partial charge in [-0.15, -0.1) is 0 Å². The van der Waals surface area contributed by atoms with Gasteiger partial charge in [0.15, 0.2) is 0 Å². The third-order valence-corrected chi connectivity index (χ3v) is 5.24. The molecule has 7 heteroatoms. The van der Waals surface area contributed by atoms with E-state index in [4.69, 9.17) is 4.74 Å². The van der Waals surface area contributed by atoms with Crippen LogP contribution < -0.4 is 5.32 Å². The molecule has 2 aliphatic carbocycles. The molecular weight excluding hydrogens is 311 g/mol. The fourth-order valence-corrected chi connectivity index (χ4v) is 4.36. The zero-order valence-corrected chi connectivity index (χ0v) is 12.0. The Hall–Kier alpha value is -2.05. The molecule has 1 N–H and O–H groups in total. The van der Waals surface area contributed by atoms with E-state index in [-0.39, 0.29) is 35.5 Å². The van der Waals surface area contributed by atoms with Gasteiger partial charge in [0, 0.05) is 11.6 Å². The molecule has 2 saturated carbocycles. The van der Waals surface area contributed by atoms with Gasteiger partial charge in [-0.3, -0.25) is 9.59 Å². The summed E-state index contributed by atoms with van der Waals surface area (Å²) in [4.78, 5) is 24.4. The number of anilines is 1. The number of amides is 1. The molecule has 2 bridgehead atoms. The van der Waals surface area contributed by atoms with Crippen molar-refractivity contribution in [2.75, 3.05) is 5.32 Å². The Kier molecular flexibility index (Phi) is 2.98. The van der Waals surface area contributed by atoms with Crippen molar-refractivity contribution in [3.05, 3.63) is 29.8 Å². The fourth-order valence-electron chi connectivity index (χ4n) is 4.36. The third-order valence-electron chi connectivity index (χ3n) is 5.24. The molecular formula is C16H14F3NO3. The van der Waals surface area contributed by atoms with Gasteiger partial charge >= 0.3 is 12.1 Å². The summed E-state index contributed by atoms with van der Waals surface area (Å²) in [5.41, 5.74) is -0.723. The van der Waals surface area contributed by atoms with Crippen LogP contribution in [0.1, 0.15) is 18.4 Å². The molecule has 1 amide bonds. The van der Waals surface area contributed by atoms with Crippen molar-refractivity contribution in [1.82, 2.24) is 0 Å². The SMILES string of the molecule is O=C(Nc1cccc(C(F)(F)F)c1)[C@H]1[C@H]2C[C@@H]3[C@@H]1C(=O)O[C@H]3C2. The third kappa shape index (κ3) is 2.21. The van der Waals surface area contributed by atoms with Crippen LogP contribution in [0.3, 0.4) is 0 Å². The van der Waals surface area contributed by atoms with Gasteiger partial charge in [0.2, 0.25) is 5.91 Å². The zero-order chi connectivity index (χ0) is 16.4. The van der Waals surface area contributed by atoms with Gasteiger partial charge in [-0.05, 0) is 37.0 Å². The monoisotopic (exact) mass is 325 g/mol. The number of halogens is 3. The van der Waals surface area contributed by atoms with Crippen LogP contribution >= 0.6 is 0 Å². The number of alkyl halides is 3. The van der Waals surface area contributed by atoms with Crippen LogP contribution in [0.15, 0.2) is 24.3 Å². The molecule has 0 radical (unpaired) electrons. The first-order valence-electron chi connectivity index (χ1n) is 7.53. The minimum absolute atomic E-state index is 0.0740. The highest BCUT2D eigenvalue weighted by molar-refractivity contribution is 5.97. The van der Waals surface area contributed by atoms with Gasteiger partial charge in [0.1, 0.15) is 6.10 Å². The first kappa shape index (κ1) is 14.5. The molecule has 122 valence electrons. The number of carbonyl (C=O) groups is 2. The summed E-state index contributed by atoms with van der Waals surface area (Å²) < 4.78 is 43.5. The van der Waals surface area contributed by atoms with Crippen molar-refractivity contribution in [3.8, 4) is 0 Å². The van der Waals surface area contributed by atoms with Crippen LogP contribution in [0, 0.1) is 23.7 Å². The zero-order valence-electron chi connectivity index (χ0n) is 12.0. The van der Waals surface area contributed by atoms with E-state index in [1.807, 2.05) is 0 Å². The number of benzene rings is 1. The lowest BCUT2D eigenvalue weighted by atomic mass is 9.79. The van der Waals surface area contributed by atoms with Crippen LogP contribution in [-0.4, -0.2) is 18.0 Å². The largest absolute Gasteiger partial charge is 0.462 e. The van der Waals surface area contributed by atoms with Crippen molar-refractivity contribution in [1.29, 1.82) is 0 Å². The molecule has 3 aliphatic rings. The van der Waals surface area contributed by atoms with Crippen molar-refractivity contribution in [2.24, 2.45) is 23.7 Å². The summed E-state index contributed by atoms with van der Waals surface area (Å²) in [6.45, 7) is 0. The quantitative estimate of drug-likeness (QED) is 0.851. The van der Waals surface area contributed by atoms with Crippen LogP contribution in [-0.2, 0) is 20.5 Å². The normalized spacial score (nSPS) is 34.6. The number of hydrogen-bond donors (Lipinski definition) is 1. The molecule has 1 aromatic carbocycles. The number of nitrogens with one attached hydrogen (secondary N) is 1. The summed E-state index contributed by atoms with van der Waals surface area (Å²) in [6.07, 6.45) is -3.08. The lowest BCUT2D eigenvalue weighted by Crippen LogP contribution is -2.35. The maximum absolute atomic E-state index is 12.7. The molecule has 1 saturated heterocycles. The summed E-state index contributed by atoms with van der Waals surface area (Å²) in [5.74, 6) is -1.51. The van der Waals surface area contributed by atoms with E-state index in [1.165, 1.54) is 12.1 Å². The molecule has 1 aliphatic heterocycles. The van der Waals surface area contributed by atoms with Gasteiger partial charge in [0.25, 0.3) is 0 Å². The van der Waals surface area contributed by atoms with Crippen molar-refractivity contribution in [3.63, 3.8) is 0 Å². The Morgan fingerprint density at radius 1 is 1.26 bits per heavy atom. The van der Waals surface area contributed by atoms with Crippen LogP contribution in [0.25, 0.3) is 0 Å². The maximum atomic E-state index is 12.7. The van der Waals surface area contributed by atoms with Crippen molar-refractivity contribution < 1.29 is 27.5 Å². The highest BCUT2D eigenvalue weighted by Gasteiger charge is 2.63. The van der Waals surface area contributed by atoms with Crippen LogP contribution in [0.2, 0.25) is 0 Å². The maximum Gasteiger partial charge on any atom is 0.416 e. The van der Waals surface area contributed by atoms with Gasteiger partial charge in [-0.25, -0.2) is 0 Å². The lowest BCUT2D eigenvalue weighted by Gasteiger charge is -2.23. The minimum Gasteiger partial charge on any atom is -0.462 e. The van der Waals surface area contributed by atoms with Gasteiger partial charge in [0.05, 0.1) is 17.4 Å². The molecule has 3 fully saturated rings. The Labute approximate surface area is 130 Å². The van der Waals surface area contributed by atoms with E-state index in [2.05, 4.69) is 5.32 Å². The topological polar surface area (TPSA) is 55.4 Å². The Balaban J connectivity index is 1.54. The average Bonchev–Trinajstić information content (AvgIpc) is 3.08. The lowest BCUT2D eigenvalue weighted by molar-refractivity contribution is -0.145. The number of hydrogen-bond acceptors (Lipinski definition) is 3. The Morgan fingerprint density at radius 3 is 2.78 bits per heavy atom. The van der Waals surface area contributed by atoms with Crippen LogP contribution in [0.4, 0.5) is 18.9 Å². The second-order valence-corrected chi connectivity index (χ2v) is 6.49. The van der Waals surface area contributed by atoms with Gasteiger partial charge < -0.3 is 10.1 Å². The molecule has 0 unspecified atom stereocenters. The molecule has 0 spiro atoms. The molecule has 5 atom stereocenters. The number of fused-ring (bicyclic) bond motifs is 1. The average molecular weight is 325 g/mol. The molecule has 4 nitrogen and oxygen atoms in total. The first-order valence-corrected chi connectivity index (χ1v) is 7.53. The molecule has 1 aromatic rings. The fraction of sp³-hybridized carbons (Fsp3) is 0.500. The van der Waals surface area contributed by atoms with E-state index < -0.39 is 23.6 Å². The summed E-state index contributed by atoms with van der Waals surface area (Å²) in [7, 11) is 0. The number of esters is 1. The highest BCUT2D eigenvalue weighted by atomic mass is 19.4. The minimum atomic E-state index is -4.46. The summed E-state index contributed by atoms with van der Waals surface area (Å²) in [6, 6.07) is 4.52. The van der Waals surface area contributed by atoms with E-state index in [0.717, 1.165) is 18.6 Å². The number of ether oxygens (including phenoxy) is 1. The highest BCUT2D eigenvalue weighted by Crippen LogP contribution is 2.57. The number of carbonyl (C=O) groups excluding carboxylic acids is 2. The van der Waals surface area contributed by atoms with Crippen molar-refractivity contribution in [2.45, 2.75) is 25.1 Å². The Morgan fingerprint density at radius 2 is 2.04 bits per heavy atom. The number of rotatable bonds is 2. The predicted octanol–water partition coefficient (Wildman–Crippen LogP) is 2.84. The first-order chi connectivity index (χ1) is 10.8. The van der Waals surface area contributed by atoms with Gasteiger partial charge in [-0.2, -0.15) is 13.2 Å². The Bertz CT molecular complexity index is 685. The summed E-state index contributed by atoms with van der Waals surface area (Å²) >= 11 is 0. The van der Waals surface area contributed by atoms with E-state index in [0.29, 0.717) is 6.42 Å². The summed E-state index contributed by atoms with van der Waals surface area (Å²) in [5, 5.41) is 2.54. The molecule has 1 heterocycles. The van der Waals surface area contributed by atoms with Crippen LogP contribution in [0.5, 0.6) is 0 Å². The van der Waals surface area contributed by atoms with E-state index >= 15 is 0 Å². The van der Waals surface area contributed by atoms with Gasteiger partial charge in [-0.1, -0.05) is 6.07 Å². The standard InChI is InChI=1S/C16H14F3NO3/c17-16(18,19)8-2-1-3-9(6-8)20-14(21)12-7-4-10-11(5-7)23-15(22)13(10)12/h1-3,6-7,10-13H,4-5H2,(H,20,21)/t7-,10-,11-,12-,13-/m0/s1. The molecule has 4 rings (SSSR count). The van der Waals surface area contributed by atoms with Crippen molar-refractivity contribution >= 4 is 17.6 Å². The smallest absolute Gasteiger partial charge is 0.416 e. The molecule has 0 aromatic heterocycles. The second-order valence-electron chi connectivity index (χ2n) is 6.49. The van der Waals surface area contributed by atoms with E-state index in [9.17, 15) is 22.8 Å².